The molecule has 4 N–H and O–H groups in total. The number of imidazole rings is 2. The van der Waals surface area contributed by atoms with E-state index in [0.29, 0.717) is 30.7 Å². The molecule has 2 aliphatic rings. The maximum atomic E-state index is 13.4. The van der Waals surface area contributed by atoms with Crippen molar-refractivity contribution in [1.29, 1.82) is 0 Å². The van der Waals surface area contributed by atoms with Crippen molar-refractivity contribution in [2.45, 2.75) is 84.7 Å². The third kappa shape index (κ3) is 8.23. The molecule has 15 heteroatoms. The first-order valence-corrected chi connectivity index (χ1v) is 19.6. The highest BCUT2D eigenvalue weighted by molar-refractivity contribution is 6.07. The summed E-state index contributed by atoms with van der Waals surface area (Å²) in [5, 5.41) is 6.98. The largest absolute Gasteiger partial charge is 0.488 e. The number of rotatable bonds is 13. The van der Waals surface area contributed by atoms with E-state index in [1.807, 2.05) is 30.9 Å². The smallest absolute Gasteiger partial charge is 0.407 e. The molecule has 2 atom stereocenters. The highest BCUT2D eigenvalue weighted by Crippen LogP contribution is 2.42. The molecule has 0 unspecified atom stereocenters. The van der Waals surface area contributed by atoms with Crippen LogP contribution in [0.1, 0.15) is 70.1 Å². The first-order chi connectivity index (χ1) is 27.6. The van der Waals surface area contributed by atoms with Crippen LogP contribution in [0.15, 0.2) is 48.7 Å². The van der Waals surface area contributed by atoms with Gasteiger partial charge in [0.15, 0.2) is 0 Å². The number of ether oxygens (including phenoxy) is 3. The first kappa shape index (κ1) is 39.1. The highest BCUT2D eigenvalue weighted by atomic mass is 16.5. The van der Waals surface area contributed by atoms with E-state index in [1.54, 1.807) is 11.1 Å². The summed E-state index contributed by atoms with van der Waals surface area (Å²) in [6.45, 7) is 6.88. The lowest BCUT2D eigenvalue weighted by atomic mass is 9.92. The summed E-state index contributed by atoms with van der Waals surface area (Å²) >= 11 is 0. The molecule has 0 spiro atoms. The minimum absolute atomic E-state index is 0.0107. The van der Waals surface area contributed by atoms with Crippen molar-refractivity contribution in [3.63, 3.8) is 0 Å². The number of benzene rings is 3. The lowest BCUT2D eigenvalue weighted by Gasteiger charge is -2.31. The van der Waals surface area contributed by atoms with Crippen molar-refractivity contribution in [2.24, 2.45) is 5.92 Å². The molecular weight excluding hydrogens is 729 g/mol. The maximum Gasteiger partial charge on any atom is 0.407 e. The predicted octanol–water partition coefficient (Wildman–Crippen LogP) is 6.41. The van der Waals surface area contributed by atoms with Gasteiger partial charge in [0.25, 0.3) is 0 Å². The summed E-state index contributed by atoms with van der Waals surface area (Å²) in [4.78, 5) is 69.9. The predicted molar refractivity (Wildman–Crippen MR) is 214 cm³/mol. The SMILES string of the molecule is CCC(CC)N(Cc1ncc(-c2ccc3c(c2)COc2cc4c(ccc5[nH]c(CN(C(=O)CNC(=O)OC)[C@H]6CCC[C@H]6C)nc54)cc2-3)[nH]1)C(=O)CNC(=O)OC. The zero-order chi connectivity index (χ0) is 40.2. The maximum absolute atomic E-state index is 13.4. The average Bonchev–Trinajstić information content (AvgIpc) is 3.99. The van der Waals surface area contributed by atoms with E-state index in [2.05, 4.69) is 72.3 Å². The molecule has 0 saturated heterocycles. The first-order valence-electron chi connectivity index (χ1n) is 19.6. The number of amides is 4. The van der Waals surface area contributed by atoms with Gasteiger partial charge in [0, 0.05) is 23.0 Å². The van der Waals surface area contributed by atoms with Gasteiger partial charge in [-0.15, -0.1) is 0 Å². The van der Waals surface area contributed by atoms with E-state index >= 15 is 0 Å². The van der Waals surface area contributed by atoms with Gasteiger partial charge in [-0.3, -0.25) is 9.59 Å². The molecule has 1 fully saturated rings. The second-order valence-electron chi connectivity index (χ2n) is 14.8. The second-order valence-corrected chi connectivity index (χ2v) is 14.8. The minimum Gasteiger partial charge on any atom is -0.488 e. The van der Waals surface area contributed by atoms with Gasteiger partial charge in [-0.2, -0.15) is 0 Å². The number of H-pyrrole nitrogens is 2. The molecule has 3 heterocycles. The fraction of sp³-hybridized carbons (Fsp3) is 0.429. The van der Waals surface area contributed by atoms with Crippen LogP contribution in [0.3, 0.4) is 0 Å². The molecule has 5 aromatic rings. The zero-order valence-electron chi connectivity index (χ0n) is 33.1. The number of aromatic nitrogens is 4. The minimum atomic E-state index is -0.653. The molecule has 300 valence electrons. The molecule has 1 aliphatic heterocycles. The van der Waals surface area contributed by atoms with Gasteiger partial charge < -0.3 is 44.6 Å². The Balaban J connectivity index is 1.11. The van der Waals surface area contributed by atoms with Crippen molar-refractivity contribution < 1.29 is 33.4 Å². The summed E-state index contributed by atoms with van der Waals surface area (Å²) in [6, 6.07) is 14.6. The van der Waals surface area contributed by atoms with Crippen LogP contribution in [-0.2, 0) is 38.8 Å². The molecular formula is C42H50N8O7. The Kier molecular flexibility index (Phi) is 11.6. The van der Waals surface area contributed by atoms with Crippen molar-refractivity contribution in [2.75, 3.05) is 27.3 Å². The van der Waals surface area contributed by atoms with Crippen LogP contribution in [0.5, 0.6) is 5.75 Å². The van der Waals surface area contributed by atoms with Gasteiger partial charge in [0.05, 0.1) is 50.2 Å². The number of carbonyl (C=O) groups excluding carboxylic acids is 4. The van der Waals surface area contributed by atoms with Crippen molar-refractivity contribution in [1.82, 2.24) is 40.4 Å². The molecule has 57 heavy (non-hydrogen) atoms. The van der Waals surface area contributed by atoms with Crippen molar-refractivity contribution >= 4 is 45.8 Å². The third-order valence-corrected chi connectivity index (χ3v) is 11.4. The Morgan fingerprint density at radius 1 is 0.895 bits per heavy atom. The number of nitrogens with zero attached hydrogens (tertiary/aromatic N) is 4. The molecule has 3 aromatic carbocycles. The van der Waals surface area contributed by atoms with Gasteiger partial charge in [0.2, 0.25) is 11.8 Å². The third-order valence-electron chi connectivity index (χ3n) is 11.4. The summed E-state index contributed by atoms with van der Waals surface area (Å²) in [5.74, 6) is 2.03. The fourth-order valence-electron chi connectivity index (χ4n) is 8.26. The number of aromatic amines is 2. The van der Waals surface area contributed by atoms with Gasteiger partial charge in [-0.25, -0.2) is 19.6 Å². The van der Waals surface area contributed by atoms with Crippen LogP contribution in [-0.4, -0.2) is 93.1 Å². The van der Waals surface area contributed by atoms with Crippen LogP contribution >= 0.6 is 0 Å². The van der Waals surface area contributed by atoms with E-state index in [0.717, 1.165) is 87.6 Å². The topological polar surface area (TPSA) is 184 Å². The van der Waals surface area contributed by atoms with E-state index in [1.165, 1.54) is 14.2 Å². The standard InChI is InChI=1S/C42H50N8O7/c1-6-28(7-2)49(38(51)19-44-41(53)55-4)21-36-43-18-33(47-36)26-11-13-29-27(15-26)23-57-35-17-30-25(16-31(29)35)12-14-32-40(30)48-37(46-32)22-50(34-10-8-9-24(34)3)39(52)20-45-42(54)56-5/h11-18,24,28,34H,6-10,19-23H2,1-5H3,(H,43,47)(H,44,53)(H,45,54)(H,46,48)/t24-,34+/m1/s1. The average molecular weight is 779 g/mol. The summed E-state index contributed by atoms with van der Waals surface area (Å²) in [5.41, 5.74) is 6.53. The Bertz CT molecular complexity index is 2300. The van der Waals surface area contributed by atoms with Crippen LogP contribution < -0.4 is 15.4 Å². The number of carbonyl (C=O) groups is 4. The van der Waals surface area contributed by atoms with Crippen LogP contribution in [0.25, 0.3) is 44.2 Å². The zero-order valence-corrected chi connectivity index (χ0v) is 33.1. The van der Waals surface area contributed by atoms with Gasteiger partial charge in [-0.05, 0) is 77.9 Å². The molecule has 1 saturated carbocycles. The summed E-state index contributed by atoms with van der Waals surface area (Å²) in [7, 11) is 2.54. The monoisotopic (exact) mass is 778 g/mol. The van der Waals surface area contributed by atoms with Gasteiger partial charge >= 0.3 is 12.2 Å². The normalized spacial score (nSPS) is 15.8. The molecule has 0 bridgehead atoms. The number of alkyl carbamates (subject to hydrolysis) is 2. The molecule has 0 radical (unpaired) electrons. The van der Waals surface area contributed by atoms with E-state index in [4.69, 9.17) is 9.72 Å². The highest BCUT2D eigenvalue weighted by Gasteiger charge is 2.33. The summed E-state index contributed by atoms with van der Waals surface area (Å²) < 4.78 is 15.7. The molecule has 2 aromatic heterocycles. The van der Waals surface area contributed by atoms with Gasteiger partial charge in [0.1, 0.15) is 37.1 Å². The molecule has 7 rings (SSSR count). The lowest BCUT2D eigenvalue weighted by molar-refractivity contribution is -0.134. The number of methoxy groups -OCH3 is 2. The van der Waals surface area contributed by atoms with Crippen LogP contribution in [0.2, 0.25) is 0 Å². The Morgan fingerprint density at radius 3 is 2.35 bits per heavy atom. The number of hydrogen-bond donors (Lipinski definition) is 4. The van der Waals surface area contributed by atoms with Crippen molar-refractivity contribution in [3.8, 4) is 28.1 Å². The van der Waals surface area contributed by atoms with Crippen LogP contribution in [0.4, 0.5) is 9.59 Å². The quantitative estimate of drug-likeness (QED) is 0.105. The number of hydrogen-bond acceptors (Lipinski definition) is 9. The lowest BCUT2D eigenvalue weighted by Crippen LogP contribution is -2.46. The second kappa shape index (κ2) is 16.9. The molecule has 1 aliphatic carbocycles. The van der Waals surface area contributed by atoms with E-state index < -0.39 is 12.2 Å². The van der Waals surface area contributed by atoms with E-state index in [-0.39, 0.29) is 43.5 Å². The van der Waals surface area contributed by atoms with E-state index in [9.17, 15) is 19.2 Å². The molecule has 4 amide bonds. The summed E-state index contributed by atoms with van der Waals surface area (Å²) in [6.07, 6.45) is 5.01. The Hall–Kier alpha value is -6.12. The number of nitrogens with one attached hydrogen (secondary N) is 4. The Labute approximate surface area is 330 Å². The fourth-order valence-corrected chi connectivity index (χ4v) is 8.26. The number of fused-ring (bicyclic) bond motifs is 6. The van der Waals surface area contributed by atoms with Gasteiger partial charge in [-0.1, -0.05) is 45.4 Å². The Morgan fingerprint density at radius 2 is 1.65 bits per heavy atom. The molecule has 15 nitrogen and oxygen atoms in total. The van der Waals surface area contributed by atoms with Crippen LogP contribution in [0, 0.1) is 5.92 Å². The van der Waals surface area contributed by atoms with Crippen molar-refractivity contribution in [3.05, 3.63) is 65.9 Å².